The number of nitrogens with zero attached hydrogens (tertiary/aromatic N) is 2. The zero-order chi connectivity index (χ0) is 20.3. The third-order valence-corrected chi connectivity index (χ3v) is 5.87. The van der Waals surface area contributed by atoms with Gasteiger partial charge < -0.3 is 0 Å². The fourth-order valence-corrected chi connectivity index (χ4v) is 3.80. The summed E-state index contributed by atoms with van der Waals surface area (Å²) in [6.07, 6.45) is 1.38. The number of rotatable bonds is 3. The highest BCUT2D eigenvalue weighted by atomic mass is 35.5. The Bertz CT molecular complexity index is 1150. The van der Waals surface area contributed by atoms with Crippen molar-refractivity contribution in [2.75, 3.05) is 0 Å². The summed E-state index contributed by atoms with van der Waals surface area (Å²) in [7, 11) is -3.97. The molecule has 2 aromatic rings. The molecule has 142 valence electrons. The van der Waals surface area contributed by atoms with E-state index in [0.717, 1.165) is 0 Å². The van der Waals surface area contributed by atoms with Crippen molar-refractivity contribution in [1.29, 1.82) is 0 Å². The molecule has 1 aliphatic rings. The number of sulfonamides is 1. The summed E-state index contributed by atoms with van der Waals surface area (Å²) in [5.74, 6) is -0.281. The van der Waals surface area contributed by atoms with Crippen molar-refractivity contribution in [3.8, 4) is 0 Å². The standard InChI is InChI=1S/C21H17ClN2O3S/c1-14-13-18(25)19(22)15(2)20(14)23-21(16-9-5-3-6-10-16)24-28(26,27)17-11-7-4-8-12-17/h3-13H,1-2H3/b23-20?,24-21+. The summed E-state index contributed by atoms with van der Waals surface area (Å²) < 4.78 is 29.5. The maximum atomic E-state index is 12.8. The molecule has 0 atom stereocenters. The molecule has 0 bridgehead atoms. The van der Waals surface area contributed by atoms with E-state index >= 15 is 0 Å². The van der Waals surface area contributed by atoms with E-state index in [-0.39, 0.29) is 21.5 Å². The maximum absolute atomic E-state index is 12.8. The average molecular weight is 413 g/mol. The lowest BCUT2D eigenvalue weighted by Gasteiger charge is -2.15. The minimum atomic E-state index is -3.97. The van der Waals surface area contributed by atoms with Crippen molar-refractivity contribution in [2.45, 2.75) is 18.7 Å². The van der Waals surface area contributed by atoms with Crippen LogP contribution in [0.5, 0.6) is 0 Å². The fraction of sp³-hybridized carbons (Fsp3) is 0.0952. The Morgan fingerprint density at radius 1 is 0.929 bits per heavy atom. The molecule has 5 nitrogen and oxygen atoms in total. The molecule has 0 fully saturated rings. The van der Waals surface area contributed by atoms with E-state index in [1.165, 1.54) is 18.2 Å². The SMILES string of the molecule is CC1=CC(=O)C(Cl)=C(C)C1=N/C(=N/S(=O)(=O)c1ccccc1)c1ccccc1. The van der Waals surface area contributed by atoms with Gasteiger partial charge in [-0.05, 0) is 43.2 Å². The number of hydrogen-bond donors (Lipinski definition) is 0. The number of aliphatic imine (C=N–C) groups is 1. The van der Waals surface area contributed by atoms with Gasteiger partial charge in [0.25, 0.3) is 10.0 Å². The normalized spacial score (nSPS) is 17.1. The highest BCUT2D eigenvalue weighted by molar-refractivity contribution is 7.90. The van der Waals surface area contributed by atoms with Gasteiger partial charge in [-0.25, -0.2) is 4.99 Å². The predicted molar refractivity (Wildman–Crippen MR) is 111 cm³/mol. The van der Waals surface area contributed by atoms with Crippen molar-refractivity contribution in [3.05, 3.63) is 88.5 Å². The van der Waals surface area contributed by atoms with E-state index in [4.69, 9.17) is 11.6 Å². The third-order valence-electron chi connectivity index (χ3n) is 4.12. The second kappa shape index (κ2) is 8.04. The van der Waals surface area contributed by atoms with E-state index in [1.54, 1.807) is 56.3 Å². The number of hydrogen-bond acceptors (Lipinski definition) is 3. The Labute approximate surface area is 168 Å². The Balaban J connectivity index is 2.20. The quantitative estimate of drug-likeness (QED) is 0.428. The van der Waals surface area contributed by atoms with E-state index in [0.29, 0.717) is 22.4 Å². The van der Waals surface area contributed by atoms with Crippen LogP contribution in [0, 0.1) is 0 Å². The summed E-state index contributed by atoms with van der Waals surface area (Å²) in [6.45, 7) is 3.39. The summed E-state index contributed by atoms with van der Waals surface area (Å²) in [4.78, 5) is 16.4. The number of carbonyl (C=O) groups is 1. The number of carbonyl (C=O) groups excluding carboxylic acids is 1. The first-order chi connectivity index (χ1) is 13.3. The molecule has 0 radical (unpaired) electrons. The Hall–Kier alpha value is -2.83. The van der Waals surface area contributed by atoms with Crippen molar-refractivity contribution in [3.63, 3.8) is 0 Å². The molecular weight excluding hydrogens is 396 g/mol. The number of amidine groups is 1. The first-order valence-corrected chi connectivity index (χ1v) is 10.3. The molecule has 2 aromatic carbocycles. The van der Waals surface area contributed by atoms with Crippen molar-refractivity contribution in [1.82, 2.24) is 0 Å². The minimum Gasteiger partial charge on any atom is -0.288 e. The van der Waals surface area contributed by atoms with Crippen LogP contribution in [0.3, 0.4) is 0 Å². The molecule has 3 rings (SSSR count). The van der Waals surface area contributed by atoms with Gasteiger partial charge in [0.2, 0.25) is 0 Å². The molecule has 28 heavy (non-hydrogen) atoms. The monoisotopic (exact) mass is 412 g/mol. The van der Waals surface area contributed by atoms with Crippen LogP contribution < -0.4 is 0 Å². The molecule has 0 N–H and O–H groups in total. The Morgan fingerprint density at radius 2 is 1.50 bits per heavy atom. The summed E-state index contributed by atoms with van der Waals surface area (Å²) >= 11 is 6.08. The second-order valence-corrected chi connectivity index (χ2v) is 8.14. The first kappa shape index (κ1) is 19.9. The van der Waals surface area contributed by atoms with Gasteiger partial charge in [0.15, 0.2) is 11.6 Å². The lowest BCUT2D eigenvalue weighted by molar-refractivity contribution is -0.110. The van der Waals surface area contributed by atoms with Crippen LogP contribution in [0.25, 0.3) is 0 Å². The molecule has 0 aromatic heterocycles. The third kappa shape index (κ3) is 4.18. The molecule has 1 aliphatic carbocycles. The molecule has 0 saturated heterocycles. The molecular formula is C21H17ClN2O3S. The van der Waals surface area contributed by atoms with Crippen LogP contribution in [0.1, 0.15) is 19.4 Å². The van der Waals surface area contributed by atoms with Crippen molar-refractivity contribution >= 4 is 39.0 Å². The van der Waals surface area contributed by atoms with E-state index < -0.39 is 10.0 Å². The van der Waals surface area contributed by atoms with Gasteiger partial charge in [-0.15, -0.1) is 4.40 Å². The highest BCUT2D eigenvalue weighted by Crippen LogP contribution is 2.24. The van der Waals surface area contributed by atoms with Gasteiger partial charge in [-0.1, -0.05) is 60.1 Å². The van der Waals surface area contributed by atoms with Gasteiger partial charge >= 0.3 is 0 Å². The molecule has 0 aliphatic heterocycles. The molecule has 0 saturated carbocycles. The van der Waals surface area contributed by atoms with Crippen LogP contribution in [0.4, 0.5) is 0 Å². The summed E-state index contributed by atoms with van der Waals surface area (Å²) in [6, 6.07) is 16.7. The fourth-order valence-electron chi connectivity index (χ4n) is 2.67. The lowest BCUT2D eigenvalue weighted by atomic mass is 9.97. The number of halogens is 1. The van der Waals surface area contributed by atoms with E-state index in [9.17, 15) is 13.2 Å². The zero-order valence-electron chi connectivity index (χ0n) is 15.3. The smallest absolute Gasteiger partial charge is 0.284 e. The van der Waals surface area contributed by atoms with Crippen molar-refractivity contribution in [2.24, 2.45) is 9.39 Å². The van der Waals surface area contributed by atoms with Gasteiger partial charge in [-0.2, -0.15) is 8.42 Å². The zero-order valence-corrected chi connectivity index (χ0v) is 16.8. The topological polar surface area (TPSA) is 75.9 Å². The number of allylic oxidation sites excluding steroid dienone is 4. The lowest BCUT2D eigenvalue weighted by Crippen LogP contribution is -2.17. The van der Waals surface area contributed by atoms with Crippen LogP contribution >= 0.6 is 11.6 Å². The molecule has 0 heterocycles. The van der Waals surface area contributed by atoms with Gasteiger partial charge in [0.1, 0.15) is 0 Å². The minimum absolute atomic E-state index is 0.0189. The summed E-state index contributed by atoms with van der Waals surface area (Å²) in [5.41, 5.74) is 2.03. The maximum Gasteiger partial charge on any atom is 0.284 e. The van der Waals surface area contributed by atoms with Crippen LogP contribution in [-0.4, -0.2) is 25.7 Å². The van der Waals surface area contributed by atoms with E-state index in [2.05, 4.69) is 9.39 Å². The van der Waals surface area contributed by atoms with Crippen molar-refractivity contribution < 1.29 is 13.2 Å². The Kier molecular flexibility index (Phi) is 5.72. The number of ketones is 1. The average Bonchev–Trinajstić information content (AvgIpc) is 2.70. The second-order valence-electron chi connectivity index (χ2n) is 6.16. The molecule has 0 amide bonds. The number of benzene rings is 2. The summed E-state index contributed by atoms with van der Waals surface area (Å²) in [5, 5.41) is 0.0580. The predicted octanol–water partition coefficient (Wildman–Crippen LogP) is 4.30. The van der Waals surface area contributed by atoms with Gasteiger partial charge in [0, 0.05) is 5.56 Å². The first-order valence-electron chi connectivity index (χ1n) is 8.43. The van der Waals surface area contributed by atoms with Crippen LogP contribution in [0.2, 0.25) is 0 Å². The van der Waals surface area contributed by atoms with Crippen LogP contribution in [0.15, 0.2) is 97.2 Å². The molecule has 0 spiro atoms. The Morgan fingerprint density at radius 3 is 2.11 bits per heavy atom. The largest absolute Gasteiger partial charge is 0.288 e. The molecule has 7 heteroatoms. The highest BCUT2D eigenvalue weighted by Gasteiger charge is 2.22. The van der Waals surface area contributed by atoms with Gasteiger partial charge in [-0.3, -0.25) is 4.79 Å². The van der Waals surface area contributed by atoms with Gasteiger partial charge in [0.05, 0.1) is 15.6 Å². The molecule has 0 unspecified atom stereocenters. The van der Waals surface area contributed by atoms with E-state index in [1.807, 2.05) is 6.07 Å². The van der Waals surface area contributed by atoms with Crippen LogP contribution in [-0.2, 0) is 14.8 Å².